The number of aromatic nitrogens is 1. The topological polar surface area (TPSA) is 51.2 Å². The summed E-state index contributed by atoms with van der Waals surface area (Å²) < 4.78 is 7.88. The van der Waals surface area contributed by atoms with Crippen molar-refractivity contribution in [3.8, 4) is 5.75 Å². The third-order valence-electron chi connectivity index (χ3n) is 4.21. The quantitative estimate of drug-likeness (QED) is 0.590. The molecule has 0 unspecified atom stereocenters. The number of carbonyl (C=O) groups excluding carboxylic acids is 1. The van der Waals surface area contributed by atoms with Gasteiger partial charge in [-0.25, -0.2) is 0 Å². The Labute approximate surface area is 166 Å². The minimum absolute atomic E-state index is 0.133. The van der Waals surface area contributed by atoms with Crippen LogP contribution in [0.2, 0.25) is 0 Å². The number of pyridine rings is 1. The SMILES string of the molecule is COc1ccc([Se]c2cccc(C)c2CCNC(=O)c2ccccn2)cc1. The van der Waals surface area contributed by atoms with E-state index in [1.54, 1.807) is 25.4 Å². The summed E-state index contributed by atoms with van der Waals surface area (Å²) in [4.78, 5) is 16.3. The fourth-order valence-electron chi connectivity index (χ4n) is 2.75. The second-order valence-corrected chi connectivity index (χ2v) is 8.39. The Morgan fingerprint density at radius 3 is 2.59 bits per heavy atom. The van der Waals surface area contributed by atoms with Crippen LogP contribution in [0.25, 0.3) is 0 Å². The minimum atomic E-state index is -0.133. The molecule has 0 saturated carbocycles. The molecule has 27 heavy (non-hydrogen) atoms. The molecule has 0 fully saturated rings. The summed E-state index contributed by atoms with van der Waals surface area (Å²) in [6.07, 6.45) is 2.43. The summed E-state index contributed by atoms with van der Waals surface area (Å²) in [5.74, 6) is 0.739. The normalized spacial score (nSPS) is 10.4. The van der Waals surface area contributed by atoms with Crippen LogP contribution in [0, 0.1) is 6.92 Å². The van der Waals surface area contributed by atoms with Gasteiger partial charge in [0.25, 0.3) is 0 Å². The summed E-state index contributed by atoms with van der Waals surface area (Å²) >= 11 is 0.207. The monoisotopic (exact) mass is 426 g/mol. The van der Waals surface area contributed by atoms with Gasteiger partial charge in [-0.2, -0.15) is 0 Å². The van der Waals surface area contributed by atoms with E-state index >= 15 is 0 Å². The zero-order valence-corrected chi connectivity index (χ0v) is 17.2. The molecule has 0 bridgehead atoms. The molecule has 1 N–H and O–H groups in total. The maximum absolute atomic E-state index is 12.2. The van der Waals surface area contributed by atoms with E-state index < -0.39 is 0 Å². The average Bonchev–Trinajstić information content (AvgIpc) is 2.71. The van der Waals surface area contributed by atoms with E-state index in [4.69, 9.17) is 4.74 Å². The zero-order valence-electron chi connectivity index (χ0n) is 15.4. The van der Waals surface area contributed by atoms with Crippen LogP contribution in [0.3, 0.4) is 0 Å². The predicted molar refractivity (Wildman–Crippen MR) is 109 cm³/mol. The van der Waals surface area contributed by atoms with Crippen molar-refractivity contribution in [1.82, 2.24) is 10.3 Å². The Morgan fingerprint density at radius 2 is 1.89 bits per heavy atom. The number of methoxy groups -OCH3 is 1. The standard InChI is InChI=1S/C22H22N2O2Se/c1-16-6-5-8-21(27-18-11-9-17(26-2)10-12-18)19(16)13-15-24-22(25)20-7-3-4-14-23-20/h3-12,14H,13,15H2,1-2H3,(H,24,25). The van der Waals surface area contributed by atoms with Crippen molar-refractivity contribution in [3.05, 3.63) is 83.7 Å². The van der Waals surface area contributed by atoms with Gasteiger partial charge in [-0.1, -0.05) is 0 Å². The number of aryl methyl sites for hydroxylation is 1. The predicted octanol–water partition coefficient (Wildman–Crippen LogP) is 2.03. The second-order valence-electron chi connectivity index (χ2n) is 6.05. The van der Waals surface area contributed by atoms with Gasteiger partial charge >= 0.3 is 166 Å². The van der Waals surface area contributed by atoms with Gasteiger partial charge in [0.05, 0.1) is 0 Å². The average molecular weight is 425 g/mol. The van der Waals surface area contributed by atoms with Crippen molar-refractivity contribution in [2.24, 2.45) is 0 Å². The first-order chi connectivity index (χ1) is 13.2. The van der Waals surface area contributed by atoms with Crippen LogP contribution in [0.15, 0.2) is 66.9 Å². The van der Waals surface area contributed by atoms with Crippen molar-refractivity contribution in [2.75, 3.05) is 13.7 Å². The number of nitrogens with zero attached hydrogens (tertiary/aromatic N) is 1. The first kappa shape index (κ1) is 19.1. The van der Waals surface area contributed by atoms with Crippen molar-refractivity contribution < 1.29 is 9.53 Å². The molecule has 1 amide bonds. The molecule has 138 valence electrons. The third-order valence-corrected chi connectivity index (χ3v) is 6.54. The van der Waals surface area contributed by atoms with Crippen LogP contribution in [0.5, 0.6) is 5.75 Å². The van der Waals surface area contributed by atoms with E-state index in [-0.39, 0.29) is 20.9 Å². The number of amides is 1. The fourth-order valence-corrected chi connectivity index (χ4v) is 4.97. The van der Waals surface area contributed by atoms with E-state index in [9.17, 15) is 4.79 Å². The molecule has 3 aromatic rings. The number of nitrogens with one attached hydrogen (secondary N) is 1. The van der Waals surface area contributed by atoms with Crippen LogP contribution in [-0.4, -0.2) is 39.5 Å². The van der Waals surface area contributed by atoms with Gasteiger partial charge in [0, 0.05) is 0 Å². The third kappa shape index (κ3) is 5.19. The summed E-state index contributed by atoms with van der Waals surface area (Å²) in [5, 5.41) is 2.97. The Balaban J connectivity index is 1.67. The van der Waals surface area contributed by atoms with Gasteiger partial charge < -0.3 is 0 Å². The first-order valence-electron chi connectivity index (χ1n) is 8.77. The number of benzene rings is 2. The molecule has 3 rings (SSSR count). The number of carbonyl (C=O) groups is 1. The Kier molecular flexibility index (Phi) is 6.63. The van der Waals surface area contributed by atoms with Crippen molar-refractivity contribution in [3.63, 3.8) is 0 Å². The molecule has 0 aliphatic rings. The molecule has 2 aromatic carbocycles. The van der Waals surface area contributed by atoms with Crippen molar-refractivity contribution >= 4 is 29.8 Å². The van der Waals surface area contributed by atoms with E-state index in [1.807, 2.05) is 18.2 Å². The Bertz CT molecular complexity index is 896. The molecule has 4 nitrogen and oxygen atoms in total. The molecule has 0 radical (unpaired) electrons. The molecule has 5 heteroatoms. The van der Waals surface area contributed by atoms with Crippen LogP contribution in [-0.2, 0) is 6.42 Å². The van der Waals surface area contributed by atoms with Crippen LogP contribution in [0.4, 0.5) is 0 Å². The van der Waals surface area contributed by atoms with Gasteiger partial charge in [-0.15, -0.1) is 0 Å². The van der Waals surface area contributed by atoms with E-state index in [0.717, 1.165) is 12.2 Å². The first-order valence-corrected chi connectivity index (χ1v) is 10.5. The summed E-state index contributed by atoms with van der Waals surface area (Å²) in [6, 6.07) is 20.0. The number of rotatable bonds is 7. The van der Waals surface area contributed by atoms with Crippen LogP contribution < -0.4 is 19.0 Å². The van der Waals surface area contributed by atoms with Gasteiger partial charge in [0.1, 0.15) is 0 Å². The summed E-state index contributed by atoms with van der Waals surface area (Å²) in [5.41, 5.74) is 3.02. The van der Waals surface area contributed by atoms with Gasteiger partial charge in [0.15, 0.2) is 0 Å². The summed E-state index contributed by atoms with van der Waals surface area (Å²) in [7, 11) is 1.68. The van der Waals surface area contributed by atoms with E-state index in [0.29, 0.717) is 12.2 Å². The van der Waals surface area contributed by atoms with Crippen LogP contribution >= 0.6 is 0 Å². The molecule has 0 atom stereocenters. The van der Waals surface area contributed by atoms with E-state index in [2.05, 4.69) is 47.6 Å². The van der Waals surface area contributed by atoms with Gasteiger partial charge in [-0.3, -0.25) is 0 Å². The van der Waals surface area contributed by atoms with Gasteiger partial charge in [-0.05, 0) is 0 Å². The second kappa shape index (κ2) is 9.35. The number of hydrogen-bond donors (Lipinski definition) is 1. The Hall–Kier alpha value is -2.62. The zero-order chi connectivity index (χ0) is 19.1. The molecule has 0 aliphatic heterocycles. The van der Waals surface area contributed by atoms with Crippen molar-refractivity contribution in [1.29, 1.82) is 0 Å². The molecule has 1 aromatic heterocycles. The van der Waals surface area contributed by atoms with Crippen LogP contribution in [0.1, 0.15) is 21.6 Å². The number of ether oxygens (including phenoxy) is 1. The van der Waals surface area contributed by atoms with Crippen molar-refractivity contribution in [2.45, 2.75) is 13.3 Å². The molecular weight excluding hydrogens is 403 g/mol. The maximum atomic E-state index is 12.2. The molecule has 0 spiro atoms. The Morgan fingerprint density at radius 1 is 1.07 bits per heavy atom. The summed E-state index contributed by atoms with van der Waals surface area (Å²) in [6.45, 7) is 2.72. The molecular formula is C22H22N2O2Se. The molecule has 0 saturated heterocycles. The van der Waals surface area contributed by atoms with E-state index in [1.165, 1.54) is 20.1 Å². The fraction of sp³-hybridized carbons (Fsp3) is 0.182. The molecule has 0 aliphatic carbocycles. The van der Waals surface area contributed by atoms with Gasteiger partial charge in [0.2, 0.25) is 0 Å². The molecule has 1 heterocycles. The number of hydrogen-bond acceptors (Lipinski definition) is 3.